The maximum absolute atomic E-state index is 12.7. The van der Waals surface area contributed by atoms with E-state index in [9.17, 15) is 8.78 Å². The molecule has 1 aromatic heterocycles. The predicted molar refractivity (Wildman–Crippen MR) is 122 cm³/mol. The number of methoxy groups -OCH3 is 2. The van der Waals surface area contributed by atoms with Gasteiger partial charge in [0.25, 0.3) is 0 Å². The highest BCUT2D eigenvalue weighted by Gasteiger charge is 2.13. The quantitative estimate of drug-likeness (QED) is 0.304. The molecule has 0 unspecified atom stereocenters. The molecule has 2 N–H and O–H groups in total. The van der Waals surface area contributed by atoms with Crippen LogP contribution in [-0.2, 0) is 13.1 Å². The summed E-state index contributed by atoms with van der Waals surface area (Å²) < 4.78 is 40.5. The van der Waals surface area contributed by atoms with E-state index in [2.05, 4.69) is 25.3 Å². The Morgan fingerprint density at radius 1 is 1.13 bits per heavy atom. The van der Waals surface area contributed by atoms with Gasteiger partial charge in [-0.3, -0.25) is 9.98 Å². The summed E-state index contributed by atoms with van der Waals surface area (Å²) in [5, 5.41) is 6.24. The van der Waals surface area contributed by atoms with Gasteiger partial charge in [-0.25, -0.2) is 0 Å². The van der Waals surface area contributed by atoms with E-state index in [0.717, 1.165) is 22.6 Å². The SMILES string of the molecule is CN=C(NCc1cc(OC)ccc1OC(F)F)NCc1ncc(C)c(OC)c1C.I. The number of hydrogen-bond donors (Lipinski definition) is 2. The zero-order valence-electron chi connectivity index (χ0n) is 17.6. The smallest absolute Gasteiger partial charge is 0.387 e. The third kappa shape index (κ3) is 6.85. The number of halogens is 3. The van der Waals surface area contributed by atoms with Gasteiger partial charge in [0.05, 0.1) is 26.5 Å². The number of aromatic nitrogens is 1. The van der Waals surface area contributed by atoms with Crippen LogP contribution in [-0.4, -0.2) is 38.8 Å². The molecule has 1 heterocycles. The zero-order chi connectivity index (χ0) is 21.4. The second-order valence-electron chi connectivity index (χ2n) is 6.18. The second kappa shape index (κ2) is 12.4. The normalized spacial score (nSPS) is 11.0. The molecule has 0 atom stereocenters. The van der Waals surface area contributed by atoms with Crippen molar-refractivity contribution in [3.8, 4) is 17.2 Å². The van der Waals surface area contributed by atoms with Gasteiger partial charge in [-0.2, -0.15) is 8.78 Å². The number of aliphatic imine (C=N–C) groups is 1. The molecular formula is C20H27F2IN4O3. The minimum atomic E-state index is -2.91. The Bertz CT molecular complexity index is 866. The highest BCUT2D eigenvalue weighted by Crippen LogP contribution is 2.26. The number of aryl methyl sites for hydroxylation is 1. The molecule has 1 aromatic carbocycles. The summed E-state index contributed by atoms with van der Waals surface area (Å²) in [7, 11) is 4.75. The lowest BCUT2D eigenvalue weighted by atomic mass is 10.1. The Balaban J connectivity index is 0.00000450. The van der Waals surface area contributed by atoms with Crippen molar-refractivity contribution in [2.45, 2.75) is 33.5 Å². The van der Waals surface area contributed by atoms with Gasteiger partial charge in [-0.05, 0) is 32.0 Å². The first-order valence-corrected chi connectivity index (χ1v) is 8.94. The van der Waals surface area contributed by atoms with E-state index in [0.29, 0.717) is 23.8 Å². The molecule has 30 heavy (non-hydrogen) atoms. The topological polar surface area (TPSA) is 77.0 Å². The van der Waals surface area contributed by atoms with Crippen molar-refractivity contribution in [2.24, 2.45) is 4.99 Å². The molecule has 0 aliphatic heterocycles. The molecule has 0 fully saturated rings. The predicted octanol–water partition coefficient (Wildman–Crippen LogP) is 3.80. The summed E-state index contributed by atoms with van der Waals surface area (Å²) in [6.07, 6.45) is 1.75. The summed E-state index contributed by atoms with van der Waals surface area (Å²) in [5.41, 5.74) is 3.23. The van der Waals surface area contributed by atoms with Gasteiger partial charge in [0.1, 0.15) is 17.2 Å². The number of rotatable bonds is 8. The fourth-order valence-electron chi connectivity index (χ4n) is 2.85. The van der Waals surface area contributed by atoms with E-state index >= 15 is 0 Å². The Hall–Kier alpha value is -2.37. The van der Waals surface area contributed by atoms with Crippen molar-refractivity contribution < 1.29 is 23.0 Å². The Labute approximate surface area is 192 Å². The van der Waals surface area contributed by atoms with Gasteiger partial charge in [-0.15, -0.1) is 24.0 Å². The first-order chi connectivity index (χ1) is 13.9. The van der Waals surface area contributed by atoms with E-state index in [-0.39, 0.29) is 36.3 Å². The van der Waals surface area contributed by atoms with Crippen molar-refractivity contribution in [1.29, 1.82) is 0 Å². The van der Waals surface area contributed by atoms with Crippen molar-refractivity contribution in [3.63, 3.8) is 0 Å². The van der Waals surface area contributed by atoms with Gasteiger partial charge < -0.3 is 24.8 Å². The van der Waals surface area contributed by atoms with Crippen LogP contribution in [0.1, 0.15) is 22.4 Å². The lowest BCUT2D eigenvalue weighted by Gasteiger charge is -2.16. The number of nitrogens with zero attached hydrogens (tertiary/aromatic N) is 2. The number of benzene rings is 1. The van der Waals surface area contributed by atoms with Crippen LogP contribution >= 0.6 is 24.0 Å². The van der Waals surface area contributed by atoms with Crippen LogP contribution in [0.15, 0.2) is 29.4 Å². The maximum Gasteiger partial charge on any atom is 0.387 e. The second-order valence-corrected chi connectivity index (χ2v) is 6.18. The number of alkyl halides is 2. The summed E-state index contributed by atoms with van der Waals surface area (Å²) in [5.74, 6) is 1.89. The Morgan fingerprint density at radius 2 is 1.83 bits per heavy atom. The summed E-state index contributed by atoms with van der Waals surface area (Å²) in [6.45, 7) is 1.59. The molecule has 7 nitrogen and oxygen atoms in total. The average molecular weight is 536 g/mol. The highest BCUT2D eigenvalue weighted by molar-refractivity contribution is 14.0. The molecule has 0 bridgehead atoms. The fraction of sp³-hybridized carbons (Fsp3) is 0.400. The third-order valence-corrected chi connectivity index (χ3v) is 4.33. The first kappa shape index (κ1) is 25.7. The number of pyridine rings is 1. The molecule has 0 radical (unpaired) electrons. The summed E-state index contributed by atoms with van der Waals surface area (Å²) in [6, 6.07) is 4.64. The standard InChI is InChI=1S/C20H26F2N4O3.HI/c1-12-9-24-16(13(2)18(12)28-5)11-26-20(23-3)25-10-14-8-15(27-4)6-7-17(14)29-19(21)22;/h6-9,19H,10-11H2,1-5H3,(H2,23,25,26);1H. The van der Waals surface area contributed by atoms with Crippen molar-refractivity contribution >= 4 is 29.9 Å². The van der Waals surface area contributed by atoms with Crippen molar-refractivity contribution in [1.82, 2.24) is 15.6 Å². The molecule has 0 aliphatic carbocycles. The first-order valence-electron chi connectivity index (χ1n) is 8.94. The van der Waals surface area contributed by atoms with Gasteiger partial charge in [0.2, 0.25) is 0 Å². The number of hydrogen-bond acceptors (Lipinski definition) is 5. The minimum Gasteiger partial charge on any atom is -0.497 e. The Kier molecular flexibility index (Phi) is 10.6. The van der Waals surface area contributed by atoms with Crippen LogP contribution in [0.2, 0.25) is 0 Å². The van der Waals surface area contributed by atoms with Crippen LogP contribution in [0, 0.1) is 13.8 Å². The molecular weight excluding hydrogens is 509 g/mol. The zero-order valence-corrected chi connectivity index (χ0v) is 19.9. The van der Waals surface area contributed by atoms with Crippen molar-refractivity contribution in [3.05, 3.63) is 46.8 Å². The van der Waals surface area contributed by atoms with Crippen LogP contribution < -0.4 is 24.8 Å². The number of guanidine groups is 1. The van der Waals surface area contributed by atoms with Crippen LogP contribution in [0.5, 0.6) is 17.2 Å². The molecule has 10 heteroatoms. The minimum absolute atomic E-state index is 0. The summed E-state index contributed by atoms with van der Waals surface area (Å²) in [4.78, 5) is 8.59. The molecule has 2 rings (SSSR count). The number of ether oxygens (including phenoxy) is 3. The van der Waals surface area contributed by atoms with Gasteiger partial charge in [-0.1, -0.05) is 0 Å². The van der Waals surface area contributed by atoms with Gasteiger partial charge in [0, 0.05) is 36.5 Å². The van der Waals surface area contributed by atoms with Crippen molar-refractivity contribution in [2.75, 3.05) is 21.3 Å². The lowest BCUT2D eigenvalue weighted by Crippen LogP contribution is -2.36. The average Bonchev–Trinajstić information content (AvgIpc) is 2.70. The van der Waals surface area contributed by atoms with E-state index in [1.807, 2.05) is 13.8 Å². The van der Waals surface area contributed by atoms with Crippen LogP contribution in [0.3, 0.4) is 0 Å². The Morgan fingerprint density at radius 3 is 2.43 bits per heavy atom. The lowest BCUT2D eigenvalue weighted by molar-refractivity contribution is -0.0505. The largest absolute Gasteiger partial charge is 0.497 e. The highest BCUT2D eigenvalue weighted by atomic mass is 127. The maximum atomic E-state index is 12.7. The molecule has 0 aliphatic rings. The molecule has 0 saturated heterocycles. The van der Waals surface area contributed by atoms with E-state index < -0.39 is 6.61 Å². The third-order valence-electron chi connectivity index (χ3n) is 4.33. The monoisotopic (exact) mass is 536 g/mol. The van der Waals surface area contributed by atoms with Gasteiger partial charge in [0.15, 0.2) is 5.96 Å². The van der Waals surface area contributed by atoms with Crippen LogP contribution in [0.4, 0.5) is 8.78 Å². The molecule has 0 amide bonds. The molecule has 2 aromatic rings. The van der Waals surface area contributed by atoms with Gasteiger partial charge >= 0.3 is 6.61 Å². The summed E-state index contributed by atoms with van der Waals surface area (Å²) >= 11 is 0. The van der Waals surface area contributed by atoms with E-state index in [1.165, 1.54) is 13.2 Å². The fourth-order valence-corrected chi connectivity index (χ4v) is 2.85. The van der Waals surface area contributed by atoms with Crippen LogP contribution in [0.25, 0.3) is 0 Å². The molecule has 166 valence electrons. The molecule has 0 saturated carbocycles. The van der Waals surface area contributed by atoms with E-state index in [1.54, 1.807) is 32.5 Å². The van der Waals surface area contributed by atoms with E-state index in [4.69, 9.17) is 9.47 Å². The molecule has 0 spiro atoms. The number of nitrogens with one attached hydrogen (secondary N) is 2.